The van der Waals surface area contributed by atoms with Crippen molar-refractivity contribution in [3.63, 3.8) is 0 Å². The molecule has 2 N–H and O–H groups in total. The topological polar surface area (TPSA) is 59.0 Å². The number of hydrogen-bond acceptors (Lipinski definition) is 3. The van der Waals surface area contributed by atoms with Crippen LogP contribution in [0.25, 0.3) is 0 Å². The molecule has 1 aliphatic rings. The van der Waals surface area contributed by atoms with E-state index in [-0.39, 0.29) is 11.9 Å². The summed E-state index contributed by atoms with van der Waals surface area (Å²) in [5.41, 5.74) is 0. The normalized spacial score (nSPS) is 21.0. The zero-order chi connectivity index (χ0) is 13.5. The van der Waals surface area contributed by atoms with Gasteiger partial charge in [0.25, 0.3) is 0 Å². The number of piperidine rings is 1. The molecule has 5 nitrogen and oxygen atoms in total. The molecule has 2 atom stereocenters. The molecule has 1 aromatic heterocycles. The first-order valence-corrected chi connectivity index (χ1v) is 7.22. The average Bonchev–Trinajstić information content (AvgIpc) is 2.90. The van der Waals surface area contributed by atoms with E-state index >= 15 is 0 Å². The number of carbonyl (C=O) groups is 1. The van der Waals surface area contributed by atoms with Crippen molar-refractivity contribution in [2.24, 2.45) is 0 Å². The molecule has 0 aliphatic carbocycles. The molecular weight excluding hydrogens is 240 g/mol. The Bertz CT molecular complexity index is 371. The number of nitrogens with zero attached hydrogens (tertiary/aromatic N) is 2. The Morgan fingerprint density at radius 1 is 1.58 bits per heavy atom. The second-order valence-electron chi connectivity index (χ2n) is 5.41. The van der Waals surface area contributed by atoms with E-state index in [0.29, 0.717) is 12.5 Å². The Hall–Kier alpha value is -1.36. The van der Waals surface area contributed by atoms with Gasteiger partial charge in [0.2, 0.25) is 5.91 Å². The molecule has 0 bridgehead atoms. The van der Waals surface area contributed by atoms with Crippen LogP contribution < -0.4 is 10.6 Å². The van der Waals surface area contributed by atoms with Crippen LogP contribution in [-0.2, 0) is 11.3 Å². The third-order valence-electron chi connectivity index (χ3n) is 3.58. The lowest BCUT2D eigenvalue weighted by molar-refractivity contribution is -0.122. The summed E-state index contributed by atoms with van der Waals surface area (Å²) >= 11 is 0. The number of carbonyl (C=O) groups excluding carboxylic acids is 1. The van der Waals surface area contributed by atoms with Gasteiger partial charge in [-0.05, 0) is 32.7 Å². The van der Waals surface area contributed by atoms with E-state index in [4.69, 9.17) is 0 Å². The zero-order valence-electron chi connectivity index (χ0n) is 11.6. The number of rotatable bonds is 6. The molecule has 1 amide bonds. The van der Waals surface area contributed by atoms with E-state index in [9.17, 15) is 4.79 Å². The zero-order valence-corrected chi connectivity index (χ0v) is 11.6. The van der Waals surface area contributed by atoms with Crippen molar-refractivity contribution < 1.29 is 4.79 Å². The second kappa shape index (κ2) is 7.28. The molecule has 0 aromatic carbocycles. The maximum atomic E-state index is 11.9. The fourth-order valence-electron chi connectivity index (χ4n) is 2.58. The molecule has 5 heteroatoms. The predicted molar refractivity (Wildman–Crippen MR) is 74.7 cm³/mol. The summed E-state index contributed by atoms with van der Waals surface area (Å²) in [5.74, 6) is 0.153. The molecule has 1 fully saturated rings. The Morgan fingerprint density at radius 3 is 3.16 bits per heavy atom. The molecular formula is C14H24N4O. The van der Waals surface area contributed by atoms with Crippen LogP contribution in [-0.4, -0.2) is 34.1 Å². The van der Waals surface area contributed by atoms with Gasteiger partial charge in [0, 0.05) is 37.4 Å². The molecule has 19 heavy (non-hydrogen) atoms. The number of amides is 1. The molecule has 2 heterocycles. The van der Waals surface area contributed by atoms with Crippen molar-refractivity contribution >= 4 is 5.91 Å². The van der Waals surface area contributed by atoms with Gasteiger partial charge in [-0.3, -0.25) is 4.79 Å². The smallest absolute Gasteiger partial charge is 0.220 e. The molecule has 1 saturated heterocycles. The minimum Gasteiger partial charge on any atom is -0.352 e. The van der Waals surface area contributed by atoms with Crippen molar-refractivity contribution in [2.45, 2.75) is 57.7 Å². The van der Waals surface area contributed by atoms with Gasteiger partial charge in [-0.25, -0.2) is 4.98 Å². The molecule has 0 saturated carbocycles. The van der Waals surface area contributed by atoms with Crippen LogP contribution in [0.1, 0.15) is 39.0 Å². The maximum absolute atomic E-state index is 11.9. The fraction of sp³-hybridized carbons (Fsp3) is 0.714. The molecule has 1 aromatic rings. The molecule has 2 unspecified atom stereocenters. The van der Waals surface area contributed by atoms with Gasteiger partial charge in [0.05, 0.1) is 6.33 Å². The van der Waals surface area contributed by atoms with E-state index < -0.39 is 0 Å². The minimum absolute atomic E-state index is 0.140. The van der Waals surface area contributed by atoms with Crippen LogP contribution in [0.5, 0.6) is 0 Å². The fourth-order valence-corrected chi connectivity index (χ4v) is 2.58. The lowest BCUT2D eigenvalue weighted by Crippen LogP contribution is -2.38. The minimum atomic E-state index is 0.140. The standard InChI is InChI=1S/C14H24N4O/c1-12(10-18-9-8-15-11-18)17-14(19)6-5-13-4-2-3-7-16-13/h8-9,11-13,16H,2-7,10H2,1H3,(H,17,19). The first-order valence-electron chi connectivity index (χ1n) is 7.22. The highest BCUT2D eigenvalue weighted by Gasteiger charge is 2.14. The highest BCUT2D eigenvalue weighted by atomic mass is 16.1. The summed E-state index contributed by atoms with van der Waals surface area (Å²) in [7, 11) is 0. The molecule has 2 rings (SSSR count). The molecule has 0 radical (unpaired) electrons. The van der Waals surface area contributed by atoms with Crippen molar-refractivity contribution in [3.8, 4) is 0 Å². The summed E-state index contributed by atoms with van der Waals surface area (Å²) in [6, 6.07) is 0.671. The number of imidazole rings is 1. The van der Waals surface area contributed by atoms with Crippen LogP contribution in [0.2, 0.25) is 0 Å². The first kappa shape index (κ1) is 14.1. The van der Waals surface area contributed by atoms with Crippen molar-refractivity contribution in [2.75, 3.05) is 6.54 Å². The van der Waals surface area contributed by atoms with Crippen LogP contribution >= 0.6 is 0 Å². The highest BCUT2D eigenvalue weighted by molar-refractivity contribution is 5.76. The monoisotopic (exact) mass is 264 g/mol. The number of hydrogen-bond donors (Lipinski definition) is 2. The van der Waals surface area contributed by atoms with E-state index in [1.165, 1.54) is 19.3 Å². The third-order valence-corrected chi connectivity index (χ3v) is 3.58. The number of aromatic nitrogens is 2. The van der Waals surface area contributed by atoms with Crippen molar-refractivity contribution in [1.82, 2.24) is 20.2 Å². The highest BCUT2D eigenvalue weighted by Crippen LogP contribution is 2.11. The van der Waals surface area contributed by atoms with Gasteiger partial charge in [-0.1, -0.05) is 6.42 Å². The first-order chi connectivity index (χ1) is 9.24. The molecule has 1 aliphatic heterocycles. The Labute approximate surface area is 114 Å². The van der Waals surface area contributed by atoms with E-state index in [1.807, 2.05) is 17.7 Å². The summed E-state index contributed by atoms with van der Waals surface area (Å²) in [6.45, 7) is 3.90. The average molecular weight is 264 g/mol. The quantitative estimate of drug-likeness (QED) is 0.814. The lowest BCUT2D eigenvalue weighted by Gasteiger charge is -2.23. The summed E-state index contributed by atoms with van der Waals surface area (Å²) in [6.07, 6.45) is 10.8. The molecule has 106 valence electrons. The van der Waals surface area contributed by atoms with Gasteiger partial charge >= 0.3 is 0 Å². The van der Waals surface area contributed by atoms with Crippen molar-refractivity contribution in [1.29, 1.82) is 0 Å². The SMILES string of the molecule is CC(Cn1ccnc1)NC(=O)CCC1CCCCN1. The van der Waals surface area contributed by atoms with Crippen molar-refractivity contribution in [3.05, 3.63) is 18.7 Å². The van der Waals surface area contributed by atoms with E-state index in [0.717, 1.165) is 19.5 Å². The van der Waals surface area contributed by atoms with Crippen LogP contribution in [0.15, 0.2) is 18.7 Å². The van der Waals surface area contributed by atoms with Gasteiger partial charge in [0.15, 0.2) is 0 Å². The maximum Gasteiger partial charge on any atom is 0.220 e. The molecule has 0 spiro atoms. The van der Waals surface area contributed by atoms with Gasteiger partial charge in [-0.2, -0.15) is 0 Å². The summed E-state index contributed by atoms with van der Waals surface area (Å²) < 4.78 is 1.98. The summed E-state index contributed by atoms with van der Waals surface area (Å²) in [4.78, 5) is 15.9. The van der Waals surface area contributed by atoms with Gasteiger partial charge in [-0.15, -0.1) is 0 Å². The Balaban J connectivity index is 1.63. The van der Waals surface area contributed by atoms with E-state index in [1.54, 1.807) is 12.5 Å². The second-order valence-corrected chi connectivity index (χ2v) is 5.41. The predicted octanol–water partition coefficient (Wildman–Crippen LogP) is 1.31. The number of nitrogens with one attached hydrogen (secondary N) is 2. The Morgan fingerprint density at radius 2 is 2.47 bits per heavy atom. The van der Waals surface area contributed by atoms with Crippen LogP contribution in [0.3, 0.4) is 0 Å². The van der Waals surface area contributed by atoms with Gasteiger partial charge in [0.1, 0.15) is 0 Å². The Kier molecular flexibility index (Phi) is 5.39. The summed E-state index contributed by atoms with van der Waals surface area (Å²) in [5, 5.41) is 6.51. The van der Waals surface area contributed by atoms with E-state index in [2.05, 4.69) is 15.6 Å². The van der Waals surface area contributed by atoms with Crippen LogP contribution in [0, 0.1) is 0 Å². The lowest BCUT2D eigenvalue weighted by atomic mass is 10.0. The van der Waals surface area contributed by atoms with Crippen LogP contribution in [0.4, 0.5) is 0 Å². The van der Waals surface area contributed by atoms with Gasteiger partial charge < -0.3 is 15.2 Å². The third kappa shape index (κ3) is 5.03. The largest absolute Gasteiger partial charge is 0.352 e.